The number of rotatable bonds is 12. The Labute approximate surface area is 204 Å². The van der Waals surface area contributed by atoms with Crippen LogP contribution in [0.25, 0.3) is 0 Å². The summed E-state index contributed by atoms with van der Waals surface area (Å²) in [7, 11) is -4.60. The largest absolute Gasteiger partial charge is 0.460 e. The molecule has 0 aliphatic carbocycles. The van der Waals surface area contributed by atoms with Crippen LogP contribution in [-0.4, -0.2) is 40.4 Å². The van der Waals surface area contributed by atoms with Crippen LogP contribution in [0.2, 0.25) is 0 Å². The van der Waals surface area contributed by atoms with Crippen LogP contribution < -0.4 is 5.32 Å². The second kappa shape index (κ2) is 11.9. The molecule has 3 N–H and O–H groups in total. The zero-order valence-electron chi connectivity index (χ0n) is 19.1. The Kier molecular flexibility index (Phi) is 8.90. The number of Topliss-reactive ketones (excluding diaryl/α,β-unsaturated/α-hetero) is 1. The van der Waals surface area contributed by atoms with Crippen LogP contribution >= 0.6 is 7.60 Å². The van der Waals surface area contributed by atoms with Crippen molar-refractivity contribution in [3.63, 3.8) is 0 Å². The van der Waals surface area contributed by atoms with Crippen molar-refractivity contribution in [2.45, 2.75) is 18.0 Å². The lowest BCUT2D eigenvalue weighted by atomic mass is 9.76. The fourth-order valence-electron chi connectivity index (χ4n) is 4.03. The van der Waals surface area contributed by atoms with Gasteiger partial charge >= 0.3 is 13.6 Å². The quantitative estimate of drug-likeness (QED) is 0.152. The molecule has 0 spiro atoms. The van der Waals surface area contributed by atoms with Gasteiger partial charge in [0.15, 0.2) is 0 Å². The Morgan fingerprint density at radius 1 is 0.886 bits per heavy atom. The minimum absolute atomic E-state index is 0.0707. The standard InChI is InChI=1S/C27H28NO6P/c1-2-18-34-26(30)25(19-24(29)20-35(31,32)33)28-27(21-12-6-3-7-13-21,22-14-8-4-9-15-22)23-16-10-5-11-17-23/h2-17,25,28H,1,18-20H2,(H2,31,32,33)/t25-/m1/s1. The lowest BCUT2D eigenvalue weighted by Gasteiger charge is -2.39. The average molecular weight is 493 g/mol. The molecule has 0 aliphatic rings. The number of ether oxygens (including phenoxy) is 1. The highest BCUT2D eigenvalue weighted by molar-refractivity contribution is 7.52. The third kappa shape index (κ3) is 6.84. The van der Waals surface area contributed by atoms with Crippen LogP contribution in [0.4, 0.5) is 0 Å². The number of ketones is 1. The van der Waals surface area contributed by atoms with Gasteiger partial charge in [-0.05, 0) is 16.7 Å². The first-order valence-corrected chi connectivity index (χ1v) is 12.8. The minimum Gasteiger partial charge on any atom is -0.460 e. The maximum atomic E-state index is 13.1. The van der Waals surface area contributed by atoms with E-state index in [1.54, 1.807) is 0 Å². The van der Waals surface area contributed by atoms with Crippen molar-refractivity contribution in [1.29, 1.82) is 0 Å². The van der Waals surface area contributed by atoms with E-state index in [1.807, 2.05) is 91.0 Å². The normalized spacial score (nSPS) is 12.5. The van der Waals surface area contributed by atoms with Crippen molar-refractivity contribution in [1.82, 2.24) is 5.32 Å². The zero-order valence-corrected chi connectivity index (χ0v) is 20.0. The lowest BCUT2D eigenvalue weighted by Crippen LogP contribution is -2.53. The highest BCUT2D eigenvalue weighted by Gasteiger charge is 2.41. The van der Waals surface area contributed by atoms with E-state index in [2.05, 4.69) is 11.9 Å². The Morgan fingerprint density at radius 2 is 1.31 bits per heavy atom. The van der Waals surface area contributed by atoms with Gasteiger partial charge in [-0.1, -0.05) is 104 Å². The molecule has 0 fully saturated rings. The van der Waals surface area contributed by atoms with Gasteiger partial charge in [-0.25, -0.2) is 0 Å². The minimum atomic E-state index is -4.60. The predicted octanol–water partition coefficient (Wildman–Crippen LogP) is 3.80. The van der Waals surface area contributed by atoms with E-state index in [0.29, 0.717) is 0 Å². The van der Waals surface area contributed by atoms with Gasteiger partial charge in [-0.3, -0.25) is 19.5 Å². The van der Waals surface area contributed by atoms with Gasteiger partial charge in [0.05, 0.1) is 5.54 Å². The number of hydrogen-bond donors (Lipinski definition) is 3. The van der Waals surface area contributed by atoms with Gasteiger partial charge in [0.25, 0.3) is 0 Å². The molecule has 1 atom stereocenters. The van der Waals surface area contributed by atoms with Crippen LogP contribution in [-0.2, 0) is 24.4 Å². The number of esters is 1. The Hall–Kier alpha value is -3.35. The molecule has 7 nitrogen and oxygen atoms in total. The highest BCUT2D eigenvalue weighted by atomic mass is 31.2. The molecular formula is C27H28NO6P. The Bertz CT molecular complexity index is 1080. The summed E-state index contributed by atoms with van der Waals surface area (Å²) in [4.78, 5) is 44.3. The molecule has 0 saturated heterocycles. The van der Waals surface area contributed by atoms with Gasteiger partial charge in [-0.2, -0.15) is 0 Å². The molecule has 0 unspecified atom stereocenters. The number of hydrogen-bond acceptors (Lipinski definition) is 5. The number of nitrogens with one attached hydrogen (secondary N) is 1. The topological polar surface area (TPSA) is 113 Å². The fraction of sp³-hybridized carbons (Fsp3) is 0.185. The van der Waals surface area contributed by atoms with Crippen molar-refractivity contribution < 1.29 is 28.7 Å². The van der Waals surface area contributed by atoms with E-state index in [9.17, 15) is 23.9 Å². The van der Waals surface area contributed by atoms with Gasteiger partial charge in [-0.15, -0.1) is 0 Å². The van der Waals surface area contributed by atoms with Crippen LogP contribution in [0.5, 0.6) is 0 Å². The molecule has 35 heavy (non-hydrogen) atoms. The SMILES string of the molecule is C=CCOC(=O)[C@@H](CC(=O)CP(=O)(O)O)NC(c1ccccc1)(c1ccccc1)c1ccccc1. The third-order valence-corrected chi connectivity index (χ3v) is 6.22. The molecule has 0 saturated carbocycles. The van der Waals surface area contributed by atoms with Crippen LogP contribution in [0.15, 0.2) is 104 Å². The molecule has 0 heterocycles. The van der Waals surface area contributed by atoms with Crippen molar-refractivity contribution in [2.75, 3.05) is 12.8 Å². The summed E-state index contributed by atoms with van der Waals surface area (Å²) in [5, 5.41) is 3.36. The monoisotopic (exact) mass is 493 g/mol. The summed E-state index contributed by atoms with van der Waals surface area (Å²) < 4.78 is 16.7. The molecule has 0 bridgehead atoms. The van der Waals surface area contributed by atoms with Gasteiger partial charge < -0.3 is 14.5 Å². The molecule has 0 radical (unpaired) electrons. The average Bonchev–Trinajstić information content (AvgIpc) is 2.85. The number of benzene rings is 3. The molecule has 8 heteroatoms. The van der Waals surface area contributed by atoms with Crippen molar-refractivity contribution >= 4 is 19.3 Å². The summed E-state index contributed by atoms with van der Waals surface area (Å²) in [6.07, 6.45) is -0.0183. The van der Waals surface area contributed by atoms with Crippen LogP contribution in [0.1, 0.15) is 23.1 Å². The maximum absolute atomic E-state index is 13.1. The molecule has 0 aromatic heterocycles. The van der Waals surface area contributed by atoms with E-state index in [0.717, 1.165) is 16.7 Å². The molecule has 3 rings (SSSR count). The lowest BCUT2D eigenvalue weighted by molar-refractivity contribution is -0.146. The Morgan fingerprint density at radius 3 is 1.69 bits per heavy atom. The first-order valence-electron chi connectivity index (χ1n) is 11.0. The van der Waals surface area contributed by atoms with Gasteiger partial charge in [0, 0.05) is 6.42 Å². The Balaban J connectivity index is 2.18. The summed E-state index contributed by atoms with van der Waals surface area (Å²) in [5.41, 5.74) is 1.34. The zero-order chi connectivity index (χ0) is 25.3. The number of carbonyl (C=O) groups is 2. The van der Waals surface area contributed by atoms with Crippen molar-refractivity contribution in [3.05, 3.63) is 120 Å². The molecule has 0 aliphatic heterocycles. The van der Waals surface area contributed by atoms with Gasteiger partial charge in [0.2, 0.25) is 0 Å². The van der Waals surface area contributed by atoms with Crippen LogP contribution in [0, 0.1) is 0 Å². The predicted molar refractivity (Wildman–Crippen MR) is 134 cm³/mol. The molecule has 3 aromatic rings. The van der Waals surface area contributed by atoms with E-state index in [4.69, 9.17) is 4.74 Å². The smallest absolute Gasteiger partial charge is 0.332 e. The fourth-order valence-corrected chi connectivity index (χ4v) is 4.62. The molecule has 182 valence electrons. The van der Waals surface area contributed by atoms with Gasteiger partial charge in [0.1, 0.15) is 24.6 Å². The summed E-state index contributed by atoms with van der Waals surface area (Å²) in [5.74, 6) is -1.48. The van der Waals surface area contributed by atoms with Crippen molar-refractivity contribution in [3.8, 4) is 0 Å². The molecule has 3 aromatic carbocycles. The van der Waals surface area contributed by atoms with E-state index in [1.165, 1.54) is 6.08 Å². The number of carbonyl (C=O) groups excluding carboxylic acids is 2. The molecule has 0 amide bonds. The summed E-state index contributed by atoms with van der Waals surface area (Å²) in [6.45, 7) is 3.48. The summed E-state index contributed by atoms with van der Waals surface area (Å²) in [6, 6.07) is 27.2. The first-order chi connectivity index (χ1) is 16.8. The van der Waals surface area contributed by atoms with E-state index >= 15 is 0 Å². The van der Waals surface area contributed by atoms with Crippen molar-refractivity contribution in [2.24, 2.45) is 0 Å². The second-order valence-corrected chi connectivity index (χ2v) is 9.67. The highest BCUT2D eigenvalue weighted by Crippen LogP contribution is 2.38. The van der Waals surface area contributed by atoms with E-state index < -0.39 is 43.5 Å². The maximum Gasteiger partial charge on any atom is 0.332 e. The first kappa shape index (κ1) is 26.3. The third-order valence-electron chi connectivity index (χ3n) is 5.45. The van der Waals surface area contributed by atoms with E-state index in [-0.39, 0.29) is 6.61 Å². The second-order valence-electron chi connectivity index (χ2n) is 8.03. The molecular weight excluding hydrogens is 465 g/mol. The summed E-state index contributed by atoms with van der Waals surface area (Å²) >= 11 is 0. The van der Waals surface area contributed by atoms with Crippen LogP contribution in [0.3, 0.4) is 0 Å².